The number of aliphatic hydroxyl groups is 1. The average molecular weight is 309 g/mol. The number of hydrogen-bond acceptors (Lipinski definition) is 5. The fourth-order valence-corrected chi connectivity index (χ4v) is 1.89. The van der Waals surface area contributed by atoms with E-state index in [-0.39, 0.29) is 12.6 Å². The Morgan fingerprint density at radius 2 is 2.00 bits per heavy atom. The molecule has 0 saturated heterocycles. The zero-order valence-corrected chi connectivity index (χ0v) is 11.1. The van der Waals surface area contributed by atoms with Crippen LogP contribution in [0.15, 0.2) is 41.1 Å². The Bertz CT molecular complexity index is 521. The number of anilines is 2. The molecule has 0 saturated carbocycles. The molecule has 0 spiro atoms. The van der Waals surface area contributed by atoms with Crippen LogP contribution in [0.2, 0.25) is 0 Å². The van der Waals surface area contributed by atoms with Crippen molar-refractivity contribution in [3.63, 3.8) is 0 Å². The van der Waals surface area contributed by atoms with Crippen LogP contribution in [-0.4, -0.2) is 21.7 Å². The number of nitrogens with zero attached hydrogens (tertiary/aromatic N) is 2. The normalized spacial score (nSPS) is 12.1. The van der Waals surface area contributed by atoms with Gasteiger partial charge < -0.3 is 16.2 Å². The molecular formula is C12H13BrN4O. The van der Waals surface area contributed by atoms with Crippen LogP contribution in [0, 0.1) is 0 Å². The molecule has 1 aromatic carbocycles. The lowest BCUT2D eigenvalue weighted by atomic mass is 10.1. The van der Waals surface area contributed by atoms with E-state index >= 15 is 0 Å². The zero-order valence-electron chi connectivity index (χ0n) is 9.55. The van der Waals surface area contributed by atoms with Crippen molar-refractivity contribution in [3.05, 3.63) is 46.7 Å². The minimum absolute atomic E-state index is 0.0413. The van der Waals surface area contributed by atoms with Crippen LogP contribution < -0.4 is 11.1 Å². The highest BCUT2D eigenvalue weighted by Crippen LogP contribution is 2.27. The van der Waals surface area contributed by atoms with Crippen LogP contribution in [0.25, 0.3) is 0 Å². The van der Waals surface area contributed by atoms with Crippen molar-refractivity contribution in [2.45, 2.75) is 6.04 Å². The van der Waals surface area contributed by atoms with Crippen LogP contribution >= 0.6 is 15.9 Å². The Kier molecular flexibility index (Phi) is 4.11. The highest BCUT2D eigenvalue weighted by atomic mass is 79.9. The molecule has 6 heteroatoms. The fourth-order valence-electron chi connectivity index (χ4n) is 1.57. The smallest absolute Gasteiger partial charge is 0.146 e. The van der Waals surface area contributed by atoms with Crippen LogP contribution in [0.5, 0.6) is 0 Å². The van der Waals surface area contributed by atoms with Crippen molar-refractivity contribution >= 4 is 27.6 Å². The number of aromatic nitrogens is 2. The van der Waals surface area contributed by atoms with E-state index in [9.17, 15) is 5.11 Å². The van der Waals surface area contributed by atoms with Crippen molar-refractivity contribution < 1.29 is 5.11 Å². The molecule has 5 nitrogen and oxygen atoms in total. The van der Waals surface area contributed by atoms with Crippen LogP contribution in [0.1, 0.15) is 11.6 Å². The molecule has 0 fully saturated rings. The first kappa shape index (κ1) is 12.8. The molecule has 4 N–H and O–H groups in total. The molecule has 0 aliphatic heterocycles. The minimum Gasteiger partial charge on any atom is -0.394 e. The molecule has 1 atom stereocenters. The van der Waals surface area contributed by atoms with E-state index in [2.05, 4.69) is 31.2 Å². The van der Waals surface area contributed by atoms with Crippen molar-refractivity contribution in [1.82, 2.24) is 9.97 Å². The molecule has 2 aromatic rings. The highest BCUT2D eigenvalue weighted by Gasteiger charge is 2.13. The number of nitrogen functional groups attached to an aromatic ring is 1. The maximum Gasteiger partial charge on any atom is 0.146 e. The van der Waals surface area contributed by atoms with Gasteiger partial charge in [-0.15, -0.1) is 0 Å². The molecule has 2 rings (SSSR count). The third-order valence-electron chi connectivity index (χ3n) is 2.51. The van der Waals surface area contributed by atoms with Gasteiger partial charge in [0.2, 0.25) is 0 Å². The van der Waals surface area contributed by atoms with Crippen molar-refractivity contribution in [2.24, 2.45) is 0 Å². The molecule has 0 bridgehead atoms. The van der Waals surface area contributed by atoms with E-state index < -0.39 is 0 Å². The van der Waals surface area contributed by atoms with Gasteiger partial charge in [-0.25, -0.2) is 9.97 Å². The predicted molar refractivity (Wildman–Crippen MR) is 74.0 cm³/mol. The van der Waals surface area contributed by atoms with E-state index in [0.717, 1.165) is 5.56 Å². The summed E-state index contributed by atoms with van der Waals surface area (Å²) in [5.74, 6) is 0.919. The second-order valence-electron chi connectivity index (χ2n) is 3.71. The molecule has 1 unspecified atom stereocenters. The summed E-state index contributed by atoms with van der Waals surface area (Å²) in [6.45, 7) is -0.0413. The molecule has 1 heterocycles. The number of hydrogen-bond donors (Lipinski definition) is 3. The van der Waals surface area contributed by atoms with E-state index in [4.69, 9.17) is 5.73 Å². The molecular weight excluding hydrogens is 296 g/mol. The van der Waals surface area contributed by atoms with Crippen molar-refractivity contribution in [3.8, 4) is 0 Å². The van der Waals surface area contributed by atoms with E-state index in [0.29, 0.717) is 16.1 Å². The number of benzene rings is 1. The quantitative estimate of drug-likeness (QED) is 0.804. The van der Waals surface area contributed by atoms with Crippen molar-refractivity contribution in [1.29, 1.82) is 0 Å². The Labute approximate surface area is 113 Å². The number of halogens is 1. The maximum absolute atomic E-state index is 9.45. The fraction of sp³-hybridized carbons (Fsp3) is 0.167. The summed E-state index contributed by atoms with van der Waals surface area (Å²) in [6.07, 6.45) is 1.38. The number of rotatable bonds is 4. The molecule has 0 aliphatic rings. The Balaban J connectivity index is 2.24. The SMILES string of the molecule is Nc1ncnc(NC(CO)c2ccccc2)c1Br. The van der Waals surface area contributed by atoms with E-state index in [1.165, 1.54) is 6.33 Å². The number of nitrogens with two attached hydrogens (primary N) is 1. The predicted octanol–water partition coefficient (Wildman–Crippen LogP) is 1.97. The van der Waals surface area contributed by atoms with Gasteiger partial charge in [-0.2, -0.15) is 0 Å². The van der Waals surface area contributed by atoms with Gasteiger partial charge >= 0.3 is 0 Å². The lowest BCUT2D eigenvalue weighted by molar-refractivity contribution is 0.276. The zero-order chi connectivity index (χ0) is 13.0. The second kappa shape index (κ2) is 5.79. The highest BCUT2D eigenvalue weighted by molar-refractivity contribution is 9.10. The Morgan fingerprint density at radius 1 is 1.28 bits per heavy atom. The summed E-state index contributed by atoms with van der Waals surface area (Å²) in [7, 11) is 0. The third kappa shape index (κ3) is 2.77. The number of aliphatic hydroxyl groups excluding tert-OH is 1. The van der Waals surface area contributed by atoms with Crippen LogP contribution in [0.3, 0.4) is 0 Å². The van der Waals surface area contributed by atoms with E-state index in [1.807, 2.05) is 30.3 Å². The van der Waals surface area contributed by atoms with Gasteiger partial charge in [-0.1, -0.05) is 30.3 Å². The molecule has 0 radical (unpaired) electrons. The average Bonchev–Trinajstić information content (AvgIpc) is 2.41. The molecule has 94 valence electrons. The van der Waals surface area contributed by atoms with Gasteiger partial charge in [-0.3, -0.25) is 0 Å². The standard InChI is InChI=1S/C12H13BrN4O/c13-10-11(14)15-7-16-12(10)17-9(6-18)8-4-2-1-3-5-8/h1-5,7,9,18H,6H2,(H3,14,15,16,17). The lowest BCUT2D eigenvalue weighted by Gasteiger charge is -2.18. The monoisotopic (exact) mass is 308 g/mol. The molecule has 1 aromatic heterocycles. The summed E-state index contributed by atoms with van der Waals surface area (Å²) >= 11 is 3.32. The first-order chi connectivity index (χ1) is 8.72. The van der Waals surface area contributed by atoms with Gasteiger partial charge in [0.25, 0.3) is 0 Å². The van der Waals surface area contributed by atoms with Crippen molar-refractivity contribution in [2.75, 3.05) is 17.7 Å². The summed E-state index contributed by atoms with van der Waals surface area (Å²) in [5, 5.41) is 12.6. The summed E-state index contributed by atoms with van der Waals surface area (Å²) in [5.41, 5.74) is 6.65. The topological polar surface area (TPSA) is 84.1 Å². The van der Waals surface area contributed by atoms with Gasteiger partial charge in [0.05, 0.1) is 12.6 Å². The third-order valence-corrected chi connectivity index (χ3v) is 3.29. The summed E-state index contributed by atoms with van der Waals surface area (Å²) in [6, 6.07) is 9.40. The van der Waals surface area contributed by atoms with Gasteiger partial charge in [0.15, 0.2) is 0 Å². The minimum atomic E-state index is -0.239. The van der Waals surface area contributed by atoms with Gasteiger partial charge in [-0.05, 0) is 21.5 Å². The molecule has 18 heavy (non-hydrogen) atoms. The lowest BCUT2D eigenvalue weighted by Crippen LogP contribution is -2.16. The first-order valence-corrected chi connectivity index (χ1v) is 6.20. The Hall–Kier alpha value is -1.66. The second-order valence-corrected chi connectivity index (χ2v) is 4.50. The number of nitrogens with one attached hydrogen (secondary N) is 1. The largest absolute Gasteiger partial charge is 0.394 e. The Morgan fingerprint density at radius 3 is 2.67 bits per heavy atom. The summed E-state index contributed by atoms with van der Waals surface area (Å²) < 4.78 is 0.597. The van der Waals surface area contributed by atoms with E-state index in [1.54, 1.807) is 0 Å². The van der Waals surface area contributed by atoms with Gasteiger partial charge in [0.1, 0.15) is 22.4 Å². The van der Waals surface area contributed by atoms with Crippen LogP contribution in [0.4, 0.5) is 11.6 Å². The van der Waals surface area contributed by atoms with Crippen LogP contribution in [-0.2, 0) is 0 Å². The summed E-state index contributed by atoms with van der Waals surface area (Å²) in [4.78, 5) is 7.95. The van der Waals surface area contributed by atoms with Gasteiger partial charge in [0, 0.05) is 0 Å². The maximum atomic E-state index is 9.45. The first-order valence-electron chi connectivity index (χ1n) is 5.40. The molecule has 0 amide bonds. The molecule has 0 aliphatic carbocycles.